The topological polar surface area (TPSA) is 95.0 Å². The van der Waals surface area contributed by atoms with E-state index < -0.39 is 0 Å². The first-order valence-electron chi connectivity index (χ1n) is 9.60. The number of carbonyl (C=O) groups excluding carboxylic acids is 1. The summed E-state index contributed by atoms with van der Waals surface area (Å²) < 4.78 is 5.50. The van der Waals surface area contributed by atoms with Gasteiger partial charge in [0.1, 0.15) is 0 Å². The number of halogens is 1. The number of nitrogens with one attached hydrogen (secondary N) is 3. The quantitative estimate of drug-likeness (QED) is 0.239. The van der Waals surface area contributed by atoms with Gasteiger partial charge >= 0.3 is 0 Å². The standard InChI is InChI=1S/C18H34N4O3.HI/c1-19-17(21-13-18(8-11-23)9-12-25-14-18)20-10-7-16(24)22-15-5-3-2-4-6-15;/h15,23H,2-14H2,1H3,(H,22,24)(H2,19,20,21);1H. The molecule has 1 saturated heterocycles. The molecule has 8 heteroatoms. The Morgan fingerprint density at radius 2 is 2.04 bits per heavy atom. The van der Waals surface area contributed by atoms with Gasteiger partial charge in [-0.25, -0.2) is 0 Å². The van der Waals surface area contributed by atoms with Crippen LogP contribution >= 0.6 is 24.0 Å². The van der Waals surface area contributed by atoms with Crippen LogP contribution in [0.3, 0.4) is 0 Å². The number of aliphatic imine (C=N–C) groups is 1. The maximum Gasteiger partial charge on any atom is 0.221 e. The van der Waals surface area contributed by atoms with Gasteiger partial charge < -0.3 is 25.8 Å². The summed E-state index contributed by atoms with van der Waals surface area (Å²) in [5, 5.41) is 18.9. The van der Waals surface area contributed by atoms with Crippen molar-refractivity contribution >= 4 is 35.8 Å². The third kappa shape index (κ3) is 7.96. The minimum absolute atomic E-state index is 0. The Labute approximate surface area is 174 Å². The molecular weight excluding hydrogens is 447 g/mol. The van der Waals surface area contributed by atoms with E-state index in [-0.39, 0.29) is 41.9 Å². The number of carbonyl (C=O) groups is 1. The van der Waals surface area contributed by atoms with Crippen molar-refractivity contribution in [3.8, 4) is 0 Å². The smallest absolute Gasteiger partial charge is 0.221 e. The lowest BCUT2D eigenvalue weighted by atomic mass is 9.84. The number of aliphatic hydroxyl groups excluding tert-OH is 1. The van der Waals surface area contributed by atoms with Gasteiger partial charge in [-0.05, 0) is 25.7 Å². The van der Waals surface area contributed by atoms with Crippen LogP contribution in [0.5, 0.6) is 0 Å². The van der Waals surface area contributed by atoms with E-state index in [2.05, 4.69) is 20.9 Å². The van der Waals surface area contributed by atoms with Gasteiger partial charge in [0.2, 0.25) is 5.91 Å². The Kier molecular flexibility index (Phi) is 11.5. The average Bonchev–Trinajstić information content (AvgIpc) is 3.08. The predicted octanol–water partition coefficient (Wildman–Crippen LogP) is 1.40. The molecule has 2 aliphatic rings. The summed E-state index contributed by atoms with van der Waals surface area (Å²) in [7, 11) is 1.72. The monoisotopic (exact) mass is 482 g/mol. The number of hydrogen-bond donors (Lipinski definition) is 4. The highest BCUT2D eigenvalue weighted by atomic mass is 127. The third-order valence-corrected chi connectivity index (χ3v) is 5.30. The molecule has 0 spiro atoms. The fourth-order valence-corrected chi connectivity index (χ4v) is 3.64. The summed E-state index contributed by atoms with van der Waals surface area (Å²) in [4.78, 5) is 16.2. The van der Waals surface area contributed by atoms with Gasteiger partial charge in [0.25, 0.3) is 0 Å². The van der Waals surface area contributed by atoms with E-state index in [4.69, 9.17) is 4.74 Å². The number of ether oxygens (including phenoxy) is 1. The molecule has 0 radical (unpaired) electrons. The van der Waals surface area contributed by atoms with Crippen molar-refractivity contribution in [2.24, 2.45) is 10.4 Å². The molecule has 0 aromatic heterocycles. The van der Waals surface area contributed by atoms with Gasteiger partial charge in [0.05, 0.1) is 6.61 Å². The van der Waals surface area contributed by atoms with E-state index in [0.29, 0.717) is 38.1 Å². The summed E-state index contributed by atoms with van der Waals surface area (Å²) in [5.41, 5.74) is -0.0231. The summed E-state index contributed by atoms with van der Waals surface area (Å²) in [5.74, 6) is 0.797. The number of hydrogen-bond acceptors (Lipinski definition) is 4. The SMILES string of the molecule is CN=C(NCCC(=O)NC1CCCCC1)NCC1(CCO)CCOC1.I. The molecule has 152 valence electrons. The lowest BCUT2D eigenvalue weighted by Gasteiger charge is -2.27. The van der Waals surface area contributed by atoms with Crippen molar-refractivity contribution in [1.29, 1.82) is 0 Å². The third-order valence-electron chi connectivity index (χ3n) is 5.30. The van der Waals surface area contributed by atoms with Crippen molar-refractivity contribution in [3.63, 3.8) is 0 Å². The first-order valence-corrected chi connectivity index (χ1v) is 9.60. The van der Waals surface area contributed by atoms with E-state index >= 15 is 0 Å². The van der Waals surface area contributed by atoms with Crippen molar-refractivity contribution in [3.05, 3.63) is 0 Å². The zero-order chi connectivity index (χ0) is 18.0. The molecule has 7 nitrogen and oxygen atoms in total. The van der Waals surface area contributed by atoms with Crippen molar-refractivity contribution in [2.75, 3.05) is 40.0 Å². The Hall–Kier alpha value is -0.610. The van der Waals surface area contributed by atoms with E-state index in [1.807, 2.05) is 0 Å². The number of amides is 1. The van der Waals surface area contributed by atoms with Gasteiger partial charge in [-0.15, -0.1) is 24.0 Å². The summed E-state index contributed by atoms with van der Waals surface area (Å²) >= 11 is 0. The molecule has 0 bridgehead atoms. The van der Waals surface area contributed by atoms with Gasteiger partial charge in [-0.2, -0.15) is 0 Å². The minimum atomic E-state index is -0.0231. The number of guanidine groups is 1. The molecule has 2 fully saturated rings. The van der Waals surface area contributed by atoms with Crippen LogP contribution in [-0.2, 0) is 9.53 Å². The lowest BCUT2D eigenvalue weighted by Crippen LogP contribution is -2.45. The van der Waals surface area contributed by atoms with Crippen LogP contribution in [0.15, 0.2) is 4.99 Å². The zero-order valence-corrected chi connectivity index (χ0v) is 18.2. The molecule has 1 aliphatic heterocycles. The second kappa shape index (κ2) is 12.7. The second-order valence-corrected chi connectivity index (χ2v) is 7.28. The molecule has 0 aromatic rings. The summed E-state index contributed by atoms with van der Waals surface area (Å²) in [6.07, 6.45) is 8.07. The highest BCUT2D eigenvalue weighted by Crippen LogP contribution is 2.31. The van der Waals surface area contributed by atoms with Crippen molar-refractivity contribution in [1.82, 2.24) is 16.0 Å². The van der Waals surface area contributed by atoms with E-state index in [0.717, 1.165) is 32.3 Å². The second-order valence-electron chi connectivity index (χ2n) is 7.28. The minimum Gasteiger partial charge on any atom is -0.396 e. The zero-order valence-electron chi connectivity index (χ0n) is 15.9. The molecule has 1 amide bonds. The number of aliphatic hydroxyl groups is 1. The summed E-state index contributed by atoms with van der Waals surface area (Å²) in [6.45, 7) is 2.85. The number of nitrogens with zero attached hydrogens (tertiary/aromatic N) is 1. The molecule has 1 atom stereocenters. The molecule has 2 rings (SSSR count). The van der Waals surface area contributed by atoms with Crippen LogP contribution in [0, 0.1) is 5.41 Å². The van der Waals surface area contributed by atoms with Gasteiger partial charge in [-0.3, -0.25) is 9.79 Å². The molecule has 1 heterocycles. The van der Waals surface area contributed by atoms with Crippen LogP contribution in [0.2, 0.25) is 0 Å². The highest BCUT2D eigenvalue weighted by molar-refractivity contribution is 14.0. The molecular formula is C18H35IN4O3. The first kappa shape index (κ1) is 23.4. The Balaban J connectivity index is 0.00000338. The molecule has 1 saturated carbocycles. The maximum atomic E-state index is 12.0. The molecule has 26 heavy (non-hydrogen) atoms. The van der Waals surface area contributed by atoms with Crippen LogP contribution in [-0.4, -0.2) is 63.0 Å². The highest BCUT2D eigenvalue weighted by Gasteiger charge is 2.34. The van der Waals surface area contributed by atoms with E-state index in [9.17, 15) is 9.90 Å². The van der Waals surface area contributed by atoms with Gasteiger partial charge in [0, 0.05) is 51.2 Å². The van der Waals surface area contributed by atoms with Gasteiger partial charge in [-0.1, -0.05) is 19.3 Å². The maximum absolute atomic E-state index is 12.0. The van der Waals surface area contributed by atoms with Crippen LogP contribution in [0.4, 0.5) is 0 Å². The fraction of sp³-hybridized carbons (Fsp3) is 0.889. The summed E-state index contributed by atoms with van der Waals surface area (Å²) in [6, 6.07) is 0.361. The molecule has 0 aromatic carbocycles. The Morgan fingerprint density at radius 1 is 1.27 bits per heavy atom. The normalized spacial score (nSPS) is 24.0. The van der Waals surface area contributed by atoms with Gasteiger partial charge in [0.15, 0.2) is 5.96 Å². The van der Waals surface area contributed by atoms with Crippen molar-refractivity contribution < 1.29 is 14.6 Å². The first-order chi connectivity index (χ1) is 12.2. The molecule has 1 aliphatic carbocycles. The fourth-order valence-electron chi connectivity index (χ4n) is 3.64. The van der Waals surface area contributed by atoms with Crippen LogP contribution < -0.4 is 16.0 Å². The molecule has 1 unspecified atom stereocenters. The van der Waals surface area contributed by atoms with E-state index in [1.54, 1.807) is 7.05 Å². The number of rotatable bonds is 8. The lowest BCUT2D eigenvalue weighted by molar-refractivity contribution is -0.121. The Bertz CT molecular complexity index is 436. The Morgan fingerprint density at radius 3 is 2.65 bits per heavy atom. The van der Waals surface area contributed by atoms with E-state index in [1.165, 1.54) is 19.3 Å². The van der Waals surface area contributed by atoms with Crippen LogP contribution in [0.25, 0.3) is 0 Å². The molecule has 4 N–H and O–H groups in total. The van der Waals surface area contributed by atoms with Crippen molar-refractivity contribution in [2.45, 2.75) is 57.4 Å². The average molecular weight is 482 g/mol. The largest absolute Gasteiger partial charge is 0.396 e. The predicted molar refractivity (Wildman–Crippen MR) is 114 cm³/mol. The van der Waals surface area contributed by atoms with Crippen LogP contribution in [0.1, 0.15) is 51.4 Å².